The number of amides is 3. The third-order valence-electron chi connectivity index (χ3n) is 4.60. The van der Waals surface area contributed by atoms with Crippen LogP contribution in [-0.2, 0) is 4.79 Å². The highest BCUT2D eigenvalue weighted by Gasteiger charge is 2.19. The highest BCUT2D eigenvalue weighted by molar-refractivity contribution is 5.99. The number of nitrogens with one attached hydrogen (secondary N) is 3. The van der Waals surface area contributed by atoms with E-state index in [9.17, 15) is 19.7 Å². The summed E-state index contributed by atoms with van der Waals surface area (Å²) in [5, 5.41) is 19.6. The molecule has 3 rings (SSSR count). The molecule has 9 nitrogen and oxygen atoms in total. The topological polar surface area (TPSA) is 117 Å². The number of hydrogen-bond donors (Lipinski definition) is 3. The summed E-state index contributed by atoms with van der Waals surface area (Å²) in [6.07, 6.45) is 2.11. The van der Waals surface area contributed by atoms with E-state index in [1.807, 2.05) is 0 Å². The lowest BCUT2D eigenvalue weighted by molar-refractivity contribution is -0.384. The molecule has 2 aromatic rings. The summed E-state index contributed by atoms with van der Waals surface area (Å²) >= 11 is 0. The van der Waals surface area contributed by atoms with Crippen LogP contribution in [0.5, 0.6) is 0 Å². The van der Waals surface area contributed by atoms with Crippen LogP contribution in [-0.4, -0.2) is 41.4 Å². The molecule has 3 N–H and O–H groups in total. The van der Waals surface area contributed by atoms with Crippen LogP contribution < -0.4 is 16.0 Å². The van der Waals surface area contributed by atoms with Gasteiger partial charge in [-0.2, -0.15) is 0 Å². The van der Waals surface area contributed by atoms with Crippen LogP contribution in [0.3, 0.4) is 0 Å². The highest BCUT2D eigenvalue weighted by atomic mass is 16.6. The third-order valence-corrected chi connectivity index (χ3v) is 4.60. The van der Waals surface area contributed by atoms with Gasteiger partial charge in [-0.25, -0.2) is 4.79 Å². The van der Waals surface area contributed by atoms with Crippen LogP contribution in [0.1, 0.15) is 19.3 Å². The number of para-hydroxylation sites is 4. The maximum absolute atomic E-state index is 12.3. The summed E-state index contributed by atoms with van der Waals surface area (Å²) in [6.45, 7) is 1.70. The number of anilines is 3. The second kappa shape index (κ2) is 9.54. The molecule has 0 spiro atoms. The molecule has 2 aromatic carbocycles. The maximum atomic E-state index is 12.3. The lowest BCUT2D eigenvalue weighted by Gasteiger charge is -2.18. The van der Waals surface area contributed by atoms with Crippen molar-refractivity contribution in [1.29, 1.82) is 0 Å². The van der Waals surface area contributed by atoms with Gasteiger partial charge in [0.15, 0.2) is 0 Å². The quantitative estimate of drug-likeness (QED) is 0.487. The van der Waals surface area contributed by atoms with Crippen LogP contribution in [0.4, 0.5) is 27.5 Å². The Kier molecular flexibility index (Phi) is 6.62. The zero-order valence-electron chi connectivity index (χ0n) is 15.9. The lowest BCUT2D eigenvalue weighted by atomic mass is 10.2. The van der Waals surface area contributed by atoms with Crippen molar-refractivity contribution in [2.75, 3.05) is 35.6 Å². The fourth-order valence-electron chi connectivity index (χ4n) is 3.12. The molecule has 1 fully saturated rings. The Balaban J connectivity index is 1.54. The van der Waals surface area contributed by atoms with Crippen molar-refractivity contribution in [2.45, 2.75) is 19.3 Å². The molecule has 1 aliphatic heterocycles. The Labute approximate surface area is 168 Å². The summed E-state index contributed by atoms with van der Waals surface area (Å²) in [5.74, 6) is -0.265. The number of carbonyl (C=O) groups excluding carboxylic acids is 2. The number of hydrogen-bond acceptors (Lipinski definition) is 5. The molecule has 1 saturated heterocycles. The monoisotopic (exact) mass is 397 g/mol. The summed E-state index contributed by atoms with van der Waals surface area (Å²) < 4.78 is 0. The molecule has 0 atom stereocenters. The van der Waals surface area contributed by atoms with Crippen molar-refractivity contribution in [3.8, 4) is 0 Å². The van der Waals surface area contributed by atoms with Crippen molar-refractivity contribution < 1.29 is 14.5 Å². The highest BCUT2D eigenvalue weighted by Crippen LogP contribution is 2.24. The summed E-state index contributed by atoms with van der Waals surface area (Å²) in [6, 6.07) is 13.1. The Hall–Kier alpha value is -3.62. The molecule has 0 unspecified atom stereocenters. The van der Waals surface area contributed by atoms with Crippen molar-refractivity contribution in [1.82, 2.24) is 4.90 Å². The standard InChI is InChI=1S/C20H23N5O4/c26-19(11-12-21-17-9-3-4-10-18(17)25(28)29)22-15-7-1-2-8-16(15)23-20(27)24-13-5-6-14-24/h1-4,7-10,21H,5-6,11-14H2,(H,22,26)(H,23,27). The van der Waals surface area contributed by atoms with Gasteiger partial charge in [0.25, 0.3) is 5.69 Å². The maximum Gasteiger partial charge on any atom is 0.321 e. The first-order valence-corrected chi connectivity index (χ1v) is 9.46. The van der Waals surface area contributed by atoms with E-state index >= 15 is 0 Å². The molecule has 1 heterocycles. The van der Waals surface area contributed by atoms with Crippen LogP contribution in [0, 0.1) is 10.1 Å². The van der Waals surface area contributed by atoms with Crippen LogP contribution in [0.25, 0.3) is 0 Å². The number of nitrogens with zero attached hydrogens (tertiary/aromatic N) is 2. The van der Waals surface area contributed by atoms with E-state index in [1.54, 1.807) is 47.4 Å². The first kappa shape index (κ1) is 20.1. The van der Waals surface area contributed by atoms with E-state index < -0.39 is 4.92 Å². The van der Waals surface area contributed by atoms with Gasteiger partial charge in [-0.3, -0.25) is 14.9 Å². The molecule has 152 valence electrons. The van der Waals surface area contributed by atoms with Gasteiger partial charge in [0.05, 0.1) is 16.3 Å². The van der Waals surface area contributed by atoms with Gasteiger partial charge in [-0.05, 0) is 31.0 Å². The van der Waals surface area contributed by atoms with Gasteiger partial charge in [-0.15, -0.1) is 0 Å². The van der Waals surface area contributed by atoms with Crippen LogP contribution in [0.2, 0.25) is 0 Å². The van der Waals surface area contributed by atoms with E-state index in [-0.39, 0.29) is 30.6 Å². The number of nitro benzene ring substituents is 1. The average Bonchev–Trinajstić information content (AvgIpc) is 3.25. The molecule has 0 saturated carbocycles. The van der Waals surface area contributed by atoms with E-state index in [2.05, 4.69) is 16.0 Å². The predicted molar refractivity (Wildman–Crippen MR) is 111 cm³/mol. The second-order valence-electron chi connectivity index (χ2n) is 6.67. The molecule has 29 heavy (non-hydrogen) atoms. The lowest BCUT2D eigenvalue weighted by Crippen LogP contribution is -2.32. The molecule has 0 bridgehead atoms. The predicted octanol–water partition coefficient (Wildman–Crippen LogP) is 3.66. The Morgan fingerprint density at radius 1 is 0.931 bits per heavy atom. The zero-order valence-corrected chi connectivity index (χ0v) is 15.9. The van der Waals surface area contributed by atoms with Crippen LogP contribution in [0.15, 0.2) is 48.5 Å². The van der Waals surface area contributed by atoms with Gasteiger partial charge in [0, 0.05) is 32.1 Å². The molecular formula is C20H23N5O4. The van der Waals surface area contributed by atoms with Crippen molar-refractivity contribution in [2.24, 2.45) is 0 Å². The Morgan fingerprint density at radius 3 is 2.17 bits per heavy atom. The van der Waals surface area contributed by atoms with Crippen molar-refractivity contribution >= 4 is 34.7 Å². The van der Waals surface area contributed by atoms with E-state index in [4.69, 9.17) is 0 Å². The summed E-state index contributed by atoms with van der Waals surface area (Å²) in [4.78, 5) is 36.9. The van der Waals surface area contributed by atoms with Gasteiger partial charge in [0.1, 0.15) is 5.69 Å². The Bertz CT molecular complexity index is 896. The van der Waals surface area contributed by atoms with E-state index in [1.165, 1.54) is 6.07 Å². The van der Waals surface area contributed by atoms with E-state index in [0.717, 1.165) is 25.9 Å². The van der Waals surface area contributed by atoms with Crippen molar-refractivity contribution in [3.63, 3.8) is 0 Å². The second-order valence-corrected chi connectivity index (χ2v) is 6.67. The first-order valence-electron chi connectivity index (χ1n) is 9.46. The minimum absolute atomic E-state index is 0.0390. The fraction of sp³-hybridized carbons (Fsp3) is 0.300. The number of likely N-dealkylation sites (tertiary alicyclic amines) is 1. The number of benzene rings is 2. The number of carbonyl (C=O) groups is 2. The molecule has 0 aliphatic carbocycles. The SMILES string of the molecule is O=C(CCNc1ccccc1[N+](=O)[O-])Nc1ccccc1NC(=O)N1CCCC1. The molecule has 3 amide bonds. The normalized spacial score (nSPS) is 13.0. The fourth-order valence-corrected chi connectivity index (χ4v) is 3.12. The van der Waals surface area contributed by atoms with Gasteiger partial charge in [0.2, 0.25) is 5.91 Å². The molecule has 0 radical (unpaired) electrons. The summed E-state index contributed by atoms with van der Waals surface area (Å²) in [7, 11) is 0. The molecule has 9 heteroatoms. The summed E-state index contributed by atoms with van der Waals surface area (Å²) in [5.41, 5.74) is 1.37. The zero-order chi connectivity index (χ0) is 20.6. The smallest absolute Gasteiger partial charge is 0.321 e. The molecular weight excluding hydrogens is 374 g/mol. The number of nitro groups is 1. The largest absolute Gasteiger partial charge is 0.379 e. The first-order chi connectivity index (χ1) is 14.0. The van der Waals surface area contributed by atoms with Gasteiger partial charge >= 0.3 is 6.03 Å². The third kappa shape index (κ3) is 5.44. The van der Waals surface area contributed by atoms with E-state index in [0.29, 0.717) is 17.1 Å². The van der Waals surface area contributed by atoms with Gasteiger partial charge < -0.3 is 20.9 Å². The number of urea groups is 1. The molecule has 0 aromatic heterocycles. The van der Waals surface area contributed by atoms with Crippen LogP contribution >= 0.6 is 0 Å². The minimum atomic E-state index is -0.471. The van der Waals surface area contributed by atoms with Crippen molar-refractivity contribution in [3.05, 3.63) is 58.6 Å². The molecule has 1 aliphatic rings. The average molecular weight is 397 g/mol. The number of rotatable bonds is 7. The Morgan fingerprint density at radius 2 is 1.52 bits per heavy atom. The van der Waals surface area contributed by atoms with Gasteiger partial charge in [-0.1, -0.05) is 24.3 Å². The minimum Gasteiger partial charge on any atom is -0.379 e.